The maximum Gasteiger partial charge on any atom is 0.327 e. The largest absolute Gasteiger partial charge is 0.494 e. The van der Waals surface area contributed by atoms with Gasteiger partial charge in [-0.25, -0.2) is 9.18 Å². The fourth-order valence-electron chi connectivity index (χ4n) is 2.25. The number of nitrogens with zero attached hydrogens (tertiary/aromatic N) is 3. The molecular weight excluding hydrogens is 305 g/mol. The summed E-state index contributed by atoms with van der Waals surface area (Å²) in [6.07, 6.45) is 0. The maximum absolute atomic E-state index is 13.6. The van der Waals surface area contributed by atoms with E-state index >= 15 is 0 Å². The molecule has 0 unspecified atom stereocenters. The van der Waals surface area contributed by atoms with Crippen LogP contribution in [0.25, 0.3) is 0 Å². The molecule has 1 aliphatic rings. The van der Waals surface area contributed by atoms with Crippen molar-refractivity contribution in [2.75, 3.05) is 34.3 Å². The number of amides is 4. The first-order chi connectivity index (χ1) is 10.8. The summed E-state index contributed by atoms with van der Waals surface area (Å²) in [5, 5.41) is 0. The van der Waals surface area contributed by atoms with Gasteiger partial charge in [0.05, 0.1) is 7.11 Å². The minimum absolute atomic E-state index is 0.0283. The molecule has 1 heterocycles. The lowest BCUT2D eigenvalue weighted by atomic mass is 10.2. The second kappa shape index (κ2) is 6.64. The molecule has 0 aliphatic carbocycles. The van der Waals surface area contributed by atoms with Gasteiger partial charge in [-0.3, -0.25) is 14.5 Å². The second-order valence-corrected chi connectivity index (χ2v) is 5.34. The summed E-state index contributed by atoms with van der Waals surface area (Å²) >= 11 is 0. The summed E-state index contributed by atoms with van der Waals surface area (Å²) < 4.78 is 18.5. The zero-order valence-electron chi connectivity index (χ0n) is 13.2. The standard InChI is InChI=1S/C15H18FN3O4/c1-17(7-10-4-5-12(23-3)11(16)6-10)13(20)9-19-14(21)8-18(2)15(19)22/h4-6H,7-9H2,1-3H3. The van der Waals surface area contributed by atoms with E-state index in [0.717, 1.165) is 4.90 Å². The van der Waals surface area contributed by atoms with Crippen molar-refractivity contribution in [1.29, 1.82) is 0 Å². The van der Waals surface area contributed by atoms with Crippen molar-refractivity contribution in [3.63, 3.8) is 0 Å². The highest BCUT2D eigenvalue weighted by Crippen LogP contribution is 2.18. The molecule has 8 heteroatoms. The number of carbonyl (C=O) groups excluding carboxylic acids is 3. The van der Waals surface area contributed by atoms with E-state index in [1.807, 2.05) is 0 Å². The topological polar surface area (TPSA) is 70.2 Å². The number of benzene rings is 1. The van der Waals surface area contributed by atoms with E-state index in [1.165, 1.54) is 43.1 Å². The summed E-state index contributed by atoms with van der Waals surface area (Å²) in [7, 11) is 4.39. The molecule has 1 fully saturated rings. The van der Waals surface area contributed by atoms with Crippen LogP contribution >= 0.6 is 0 Å². The van der Waals surface area contributed by atoms with Crippen molar-refractivity contribution in [3.05, 3.63) is 29.6 Å². The first-order valence-electron chi connectivity index (χ1n) is 6.95. The third-order valence-corrected chi connectivity index (χ3v) is 3.59. The monoisotopic (exact) mass is 323 g/mol. The van der Waals surface area contributed by atoms with E-state index in [2.05, 4.69) is 0 Å². The van der Waals surface area contributed by atoms with Gasteiger partial charge in [0.25, 0.3) is 5.91 Å². The van der Waals surface area contributed by atoms with Gasteiger partial charge in [-0.15, -0.1) is 0 Å². The molecule has 1 saturated heterocycles. The molecule has 124 valence electrons. The SMILES string of the molecule is COc1ccc(CN(C)C(=O)CN2C(=O)CN(C)C2=O)cc1F. The molecule has 0 aromatic heterocycles. The first-order valence-corrected chi connectivity index (χ1v) is 6.95. The van der Waals surface area contributed by atoms with Crippen molar-refractivity contribution < 1.29 is 23.5 Å². The highest BCUT2D eigenvalue weighted by molar-refractivity contribution is 6.04. The Bertz CT molecular complexity index is 650. The van der Waals surface area contributed by atoms with Crippen LogP contribution in [0.1, 0.15) is 5.56 Å². The van der Waals surface area contributed by atoms with E-state index in [-0.39, 0.29) is 25.4 Å². The van der Waals surface area contributed by atoms with Gasteiger partial charge in [-0.2, -0.15) is 0 Å². The van der Waals surface area contributed by atoms with Crippen LogP contribution in [0.15, 0.2) is 18.2 Å². The molecule has 23 heavy (non-hydrogen) atoms. The van der Waals surface area contributed by atoms with Crippen LogP contribution in [-0.2, 0) is 16.1 Å². The quantitative estimate of drug-likeness (QED) is 0.748. The molecule has 2 rings (SSSR count). The molecular formula is C15H18FN3O4. The average molecular weight is 323 g/mol. The lowest BCUT2D eigenvalue weighted by Crippen LogP contribution is -2.41. The van der Waals surface area contributed by atoms with Crippen molar-refractivity contribution in [3.8, 4) is 5.75 Å². The van der Waals surface area contributed by atoms with Gasteiger partial charge in [0.15, 0.2) is 11.6 Å². The van der Waals surface area contributed by atoms with Gasteiger partial charge in [0.2, 0.25) is 5.91 Å². The molecule has 4 amide bonds. The minimum Gasteiger partial charge on any atom is -0.494 e. The van der Waals surface area contributed by atoms with Crippen molar-refractivity contribution in [1.82, 2.24) is 14.7 Å². The van der Waals surface area contributed by atoms with Crippen LogP contribution in [-0.4, -0.2) is 66.8 Å². The van der Waals surface area contributed by atoms with Crippen molar-refractivity contribution in [2.24, 2.45) is 0 Å². The van der Waals surface area contributed by atoms with Crippen LogP contribution in [0.4, 0.5) is 9.18 Å². The molecule has 0 radical (unpaired) electrons. The number of halogens is 1. The van der Waals surface area contributed by atoms with Gasteiger partial charge in [-0.05, 0) is 17.7 Å². The number of imide groups is 1. The van der Waals surface area contributed by atoms with Gasteiger partial charge >= 0.3 is 6.03 Å². The zero-order chi connectivity index (χ0) is 17.1. The first kappa shape index (κ1) is 16.7. The van der Waals surface area contributed by atoms with Crippen molar-refractivity contribution in [2.45, 2.75) is 6.54 Å². The number of urea groups is 1. The van der Waals surface area contributed by atoms with Gasteiger partial charge in [0, 0.05) is 20.6 Å². The van der Waals surface area contributed by atoms with Crippen LogP contribution < -0.4 is 4.74 Å². The fourth-order valence-corrected chi connectivity index (χ4v) is 2.25. The van der Waals surface area contributed by atoms with E-state index in [4.69, 9.17) is 4.74 Å². The van der Waals surface area contributed by atoms with Gasteiger partial charge < -0.3 is 14.5 Å². The van der Waals surface area contributed by atoms with Crippen LogP contribution in [0.2, 0.25) is 0 Å². The Kier molecular flexibility index (Phi) is 4.83. The van der Waals surface area contributed by atoms with Gasteiger partial charge in [-0.1, -0.05) is 6.07 Å². The molecule has 0 bridgehead atoms. The summed E-state index contributed by atoms with van der Waals surface area (Å²) in [5.74, 6) is -1.20. The fraction of sp³-hybridized carbons (Fsp3) is 0.400. The van der Waals surface area contributed by atoms with Crippen LogP contribution in [0.3, 0.4) is 0 Å². The molecule has 1 aliphatic heterocycles. The number of ether oxygens (including phenoxy) is 1. The number of carbonyl (C=O) groups is 3. The summed E-state index contributed by atoms with van der Waals surface area (Å²) in [6, 6.07) is 3.91. The molecule has 0 atom stereocenters. The van der Waals surface area contributed by atoms with E-state index in [0.29, 0.717) is 5.56 Å². The molecule has 7 nitrogen and oxygen atoms in total. The lowest BCUT2D eigenvalue weighted by Gasteiger charge is -2.20. The molecule has 0 saturated carbocycles. The Morgan fingerprint density at radius 2 is 2.09 bits per heavy atom. The predicted octanol–water partition coefficient (Wildman–Crippen LogP) is 0.687. The Morgan fingerprint density at radius 3 is 2.61 bits per heavy atom. The summed E-state index contributed by atoms with van der Waals surface area (Å²) in [6.45, 7) is -0.192. The highest BCUT2D eigenvalue weighted by atomic mass is 19.1. The second-order valence-electron chi connectivity index (χ2n) is 5.34. The summed E-state index contributed by atoms with van der Waals surface area (Å²) in [4.78, 5) is 39.0. The van der Waals surface area contributed by atoms with E-state index in [9.17, 15) is 18.8 Å². The number of hydrogen-bond donors (Lipinski definition) is 0. The minimum atomic E-state index is -0.516. The maximum atomic E-state index is 13.6. The normalized spacial score (nSPS) is 14.4. The van der Waals surface area contributed by atoms with Crippen LogP contribution in [0.5, 0.6) is 5.75 Å². The molecule has 1 aromatic rings. The number of rotatable bonds is 5. The average Bonchev–Trinajstić information content (AvgIpc) is 2.73. The lowest BCUT2D eigenvalue weighted by molar-refractivity contribution is -0.136. The number of methoxy groups -OCH3 is 1. The molecule has 0 spiro atoms. The highest BCUT2D eigenvalue weighted by Gasteiger charge is 2.35. The zero-order valence-corrected chi connectivity index (χ0v) is 13.2. The Hall–Kier alpha value is -2.64. The third-order valence-electron chi connectivity index (χ3n) is 3.59. The molecule has 0 N–H and O–H groups in total. The Balaban J connectivity index is 1.99. The smallest absolute Gasteiger partial charge is 0.327 e. The Morgan fingerprint density at radius 1 is 1.39 bits per heavy atom. The van der Waals surface area contributed by atoms with E-state index in [1.54, 1.807) is 6.07 Å². The van der Waals surface area contributed by atoms with E-state index < -0.39 is 23.7 Å². The Labute approximate surface area is 133 Å². The van der Waals surface area contributed by atoms with Crippen LogP contribution in [0, 0.1) is 5.82 Å². The predicted molar refractivity (Wildman–Crippen MR) is 79.2 cm³/mol. The summed E-state index contributed by atoms with van der Waals surface area (Å²) in [5.41, 5.74) is 0.579. The number of hydrogen-bond acceptors (Lipinski definition) is 4. The third kappa shape index (κ3) is 3.58. The van der Waals surface area contributed by atoms with Crippen molar-refractivity contribution >= 4 is 17.8 Å². The number of likely N-dealkylation sites (N-methyl/N-ethyl adjacent to an activating group) is 2. The van der Waals surface area contributed by atoms with Gasteiger partial charge in [0.1, 0.15) is 13.1 Å². The molecule has 1 aromatic carbocycles.